The number of piperidine rings is 1. The summed E-state index contributed by atoms with van der Waals surface area (Å²) in [5.41, 5.74) is 5.99. The molecule has 160 valence electrons. The van der Waals surface area contributed by atoms with E-state index in [0.29, 0.717) is 50.2 Å². The molecule has 7 nitrogen and oxygen atoms in total. The molecule has 1 aromatic carbocycles. The summed E-state index contributed by atoms with van der Waals surface area (Å²) < 4.78 is 0. The van der Waals surface area contributed by atoms with Gasteiger partial charge in [-0.3, -0.25) is 4.79 Å². The molecule has 1 unspecified atom stereocenters. The summed E-state index contributed by atoms with van der Waals surface area (Å²) in [6.07, 6.45) is 5.03. The fourth-order valence-electron chi connectivity index (χ4n) is 3.88. The van der Waals surface area contributed by atoms with Crippen LogP contribution in [0.15, 0.2) is 36.2 Å². The smallest absolute Gasteiger partial charge is 0.451 e. The SMILES string of the molecule is C/C=C(/Nc1ccc(Cl)cc1)N1CCC(C(N)(CCCCB(O)O)C(=O)O)CC1. The average Bonchev–Trinajstić information content (AvgIpc) is 2.70. The number of aliphatic carboxylic acids is 1. The largest absolute Gasteiger partial charge is 0.480 e. The van der Waals surface area contributed by atoms with Crippen LogP contribution in [-0.2, 0) is 4.79 Å². The molecule has 0 amide bonds. The minimum atomic E-state index is -1.36. The Hall–Kier alpha value is -1.74. The number of nitrogens with one attached hydrogen (secondary N) is 1. The summed E-state index contributed by atoms with van der Waals surface area (Å²) in [6, 6.07) is 7.48. The van der Waals surface area contributed by atoms with Crippen LogP contribution in [0.4, 0.5) is 5.69 Å². The molecule has 29 heavy (non-hydrogen) atoms. The minimum absolute atomic E-state index is 0.121. The summed E-state index contributed by atoms with van der Waals surface area (Å²) >= 11 is 5.94. The number of halogens is 1. The minimum Gasteiger partial charge on any atom is -0.480 e. The number of rotatable bonds is 10. The number of nitrogens with zero attached hydrogens (tertiary/aromatic N) is 1. The van der Waals surface area contributed by atoms with Gasteiger partial charge in [0.1, 0.15) is 11.4 Å². The van der Waals surface area contributed by atoms with Gasteiger partial charge >= 0.3 is 13.1 Å². The van der Waals surface area contributed by atoms with Crippen molar-refractivity contribution in [1.29, 1.82) is 0 Å². The first-order valence-corrected chi connectivity index (χ1v) is 10.5. The monoisotopic (exact) mass is 423 g/mol. The lowest BCUT2D eigenvalue weighted by Crippen LogP contribution is -2.57. The Morgan fingerprint density at radius 3 is 2.45 bits per heavy atom. The number of carbonyl (C=O) groups is 1. The molecule has 1 aromatic rings. The molecule has 0 aliphatic carbocycles. The topological polar surface area (TPSA) is 119 Å². The van der Waals surface area contributed by atoms with E-state index in [9.17, 15) is 9.90 Å². The van der Waals surface area contributed by atoms with Gasteiger partial charge in [-0.15, -0.1) is 0 Å². The van der Waals surface area contributed by atoms with Gasteiger partial charge in [-0.2, -0.15) is 0 Å². The third-order valence-electron chi connectivity index (χ3n) is 5.66. The maximum Gasteiger partial charge on any atom is 0.451 e. The number of likely N-dealkylation sites (tertiary alicyclic amines) is 1. The van der Waals surface area contributed by atoms with E-state index in [1.165, 1.54) is 0 Å². The van der Waals surface area contributed by atoms with E-state index in [2.05, 4.69) is 10.2 Å². The Morgan fingerprint density at radius 2 is 1.93 bits per heavy atom. The quantitative estimate of drug-likeness (QED) is 0.290. The molecule has 1 atom stereocenters. The third kappa shape index (κ3) is 6.64. The Labute approximate surface area is 177 Å². The molecule has 1 fully saturated rings. The zero-order valence-electron chi connectivity index (χ0n) is 16.9. The maximum atomic E-state index is 11.9. The molecule has 0 saturated carbocycles. The summed E-state index contributed by atoms with van der Waals surface area (Å²) in [5, 5.41) is 31.7. The van der Waals surface area contributed by atoms with Crippen molar-refractivity contribution in [2.75, 3.05) is 18.4 Å². The van der Waals surface area contributed by atoms with Gasteiger partial charge in [-0.05, 0) is 68.8 Å². The van der Waals surface area contributed by atoms with Gasteiger partial charge < -0.3 is 31.1 Å². The van der Waals surface area contributed by atoms with Crippen LogP contribution in [0.2, 0.25) is 11.3 Å². The van der Waals surface area contributed by atoms with Crippen LogP contribution in [0.25, 0.3) is 0 Å². The number of nitrogens with two attached hydrogens (primary N) is 1. The van der Waals surface area contributed by atoms with Crippen LogP contribution in [0.1, 0.15) is 39.0 Å². The second-order valence-corrected chi connectivity index (χ2v) is 8.08. The first-order chi connectivity index (χ1) is 13.8. The highest BCUT2D eigenvalue weighted by atomic mass is 35.5. The summed E-state index contributed by atoms with van der Waals surface area (Å²) in [4.78, 5) is 14.1. The van der Waals surface area contributed by atoms with Crippen molar-refractivity contribution in [3.63, 3.8) is 0 Å². The van der Waals surface area contributed by atoms with Gasteiger partial charge in [0.2, 0.25) is 0 Å². The number of allylic oxidation sites excluding steroid dienone is 1. The molecule has 9 heteroatoms. The fourth-order valence-corrected chi connectivity index (χ4v) is 4.01. The van der Waals surface area contributed by atoms with E-state index in [1.807, 2.05) is 37.3 Å². The van der Waals surface area contributed by atoms with Crippen molar-refractivity contribution in [3.8, 4) is 0 Å². The van der Waals surface area contributed by atoms with Crippen molar-refractivity contribution in [2.45, 2.75) is 50.9 Å². The van der Waals surface area contributed by atoms with Gasteiger partial charge in [-0.1, -0.05) is 24.4 Å². The van der Waals surface area contributed by atoms with Crippen molar-refractivity contribution in [2.24, 2.45) is 11.7 Å². The Kier molecular flexibility index (Phi) is 8.83. The number of hydrogen-bond donors (Lipinski definition) is 5. The zero-order valence-corrected chi connectivity index (χ0v) is 17.6. The Bertz CT molecular complexity index is 693. The highest BCUT2D eigenvalue weighted by Gasteiger charge is 2.43. The molecular weight excluding hydrogens is 393 g/mol. The molecule has 0 bridgehead atoms. The van der Waals surface area contributed by atoms with Gasteiger partial charge in [0.05, 0.1) is 0 Å². The lowest BCUT2D eigenvalue weighted by molar-refractivity contribution is -0.146. The van der Waals surface area contributed by atoms with E-state index in [0.717, 1.165) is 11.5 Å². The summed E-state index contributed by atoms with van der Waals surface area (Å²) in [5.74, 6) is -0.129. The van der Waals surface area contributed by atoms with Gasteiger partial charge in [0.25, 0.3) is 0 Å². The highest BCUT2D eigenvalue weighted by Crippen LogP contribution is 2.32. The second kappa shape index (κ2) is 10.9. The second-order valence-electron chi connectivity index (χ2n) is 7.64. The standard InChI is InChI=1S/C20H31BClN3O4/c1-2-18(24-17-7-5-16(22)6-8-17)25-13-9-15(10-14-25)20(23,19(26)27)11-3-4-12-21(28)29/h2,5-8,15,24,28-29H,3-4,9-14,23H2,1H3,(H,26,27)/b18-2-. The molecular formula is C20H31BClN3O4. The molecule has 1 aliphatic heterocycles. The van der Waals surface area contributed by atoms with Gasteiger partial charge in [0.15, 0.2) is 0 Å². The number of carboxylic acid groups (broad SMARTS) is 1. The molecule has 1 heterocycles. The van der Waals surface area contributed by atoms with Crippen molar-refractivity contribution < 1.29 is 19.9 Å². The van der Waals surface area contributed by atoms with E-state index >= 15 is 0 Å². The molecule has 6 N–H and O–H groups in total. The average molecular weight is 424 g/mol. The fraction of sp³-hybridized carbons (Fsp3) is 0.550. The van der Waals surface area contributed by atoms with Gasteiger partial charge in [-0.25, -0.2) is 0 Å². The number of unbranched alkanes of at least 4 members (excludes halogenated alkanes) is 1. The predicted octanol–water partition coefficient (Wildman–Crippen LogP) is 2.75. The Morgan fingerprint density at radius 1 is 1.31 bits per heavy atom. The number of anilines is 1. The van der Waals surface area contributed by atoms with Crippen LogP contribution in [0.3, 0.4) is 0 Å². The van der Waals surface area contributed by atoms with Crippen LogP contribution in [-0.4, -0.2) is 51.8 Å². The number of carboxylic acids is 1. The van der Waals surface area contributed by atoms with Crippen molar-refractivity contribution in [3.05, 3.63) is 41.2 Å². The van der Waals surface area contributed by atoms with E-state index in [1.54, 1.807) is 0 Å². The molecule has 1 aliphatic rings. The van der Waals surface area contributed by atoms with Crippen molar-refractivity contribution >= 4 is 30.4 Å². The van der Waals surface area contributed by atoms with Crippen LogP contribution in [0, 0.1) is 5.92 Å². The van der Waals surface area contributed by atoms with Crippen LogP contribution >= 0.6 is 11.6 Å². The molecule has 0 aromatic heterocycles. The normalized spacial score (nSPS) is 17.7. The number of hydrogen-bond acceptors (Lipinski definition) is 6. The molecule has 0 spiro atoms. The molecule has 2 rings (SSSR count). The maximum absolute atomic E-state index is 11.9. The lowest BCUT2D eigenvalue weighted by atomic mass is 9.74. The predicted molar refractivity (Wildman–Crippen MR) is 117 cm³/mol. The van der Waals surface area contributed by atoms with Crippen molar-refractivity contribution in [1.82, 2.24) is 4.90 Å². The molecule has 0 radical (unpaired) electrons. The van der Waals surface area contributed by atoms with Crippen LogP contribution < -0.4 is 11.1 Å². The zero-order chi connectivity index (χ0) is 21.4. The van der Waals surface area contributed by atoms with Gasteiger partial charge in [0, 0.05) is 23.8 Å². The van der Waals surface area contributed by atoms with Crippen LogP contribution in [0.5, 0.6) is 0 Å². The third-order valence-corrected chi connectivity index (χ3v) is 5.91. The highest BCUT2D eigenvalue weighted by molar-refractivity contribution is 6.40. The summed E-state index contributed by atoms with van der Waals surface area (Å²) in [6.45, 7) is 3.39. The Balaban J connectivity index is 1.93. The molecule has 1 saturated heterocycles. The summed E-state index contributed by atoms with van der Waals surface area (Å²) in [7, 11) is -1.36. The van der Waals surface area contributed by atoms with E-state index in [-0.39, 0.29) is 12.2 Å². The number of benzene rings is 1. The first-order valence-electron chi connectivity index (χ1n) is 10.1. The van der Waals surface area contributed by atoms with E-state index < -0.39 is 18.6 Å². The first kappa shape index (κ1) is 23.5. The van der Waals surface area contributed by atoms with E-state index in [4.69, 9.17) is 27.4 Å². The lowest BCUT2D eigenvalue weighted by Gasteiger charge is -2.41.